The summed E-state index contributed by atoms with van der Waals surface area (Å²) in [5.41, 5.74) is 2.71. The number of para-hydroxylation sites is 1. The molecular formula is C25H25FN4O2. The van der Waals surface area contributed by atoms with Gasteiger partial charge in [0.15, 0.2) is 11.5 Å². The topological polar surface area (TPSA) is 86.9 Å². The van der Waals surface area contributed by atoms with Crippen LogP contribution < -0.4 is 10.6 Å². The summed E-state index contributed by atoms with van der Waals surface area (Å²) in [6.07, 6.45) is 3.29. The van der Waals surface area contributed by atoms with Gasteiger partial charge in [-0.25, -0.2) is 9.37 Å². The lowest BCUT2D eigenvalue weighted by atomic mass is 9.87. The molecular weight excluding hydrogens is 407 g/mol. The normalized spacial score (nSPS) is 21.5. The second-order valence-corrected chi connectivity index (χ2v) is 9.53. The largest absolute Gasteiger partial charge is 0.356 e. The first-order valence-corrected chi connectivity index (χ1v) is 10.7. The van der Waals surface area contributed by atoms with E-state index >= 15 is 0 Å². The Balaban J connectivity index is 1.58. The van der Waals surface area contributed by atoms with Crippen molar-refractivity contribution in [3.8, 4) is 11.3 Å². The number of H-pyrrole nitrogens is 1. The van der Waals surface area contributed by atoms with Crippen LogP contribution in [0.1, 0.15) is 43.2 Å². The SMILES string of the molecule is CC(C)(F)C(=O)Nc1cc(-c2[nH]c3c(c2Nc2ccccc2)C(=O)[C@H]2C[C@@]2(C)C3)ccn1. The molecule has 0 unspecified atom stereocenters. The number of anilines is 3. The van der Waals surface area contributed by atoms with Crippen molar-refractivity contribution in [2.45, 2.75) is 39.3 Å². The van der Waals surface area contributed by atoms with Crippen LogP contribution in [0.4, 0.5) is 21.6 Å². The minimum Gasteiger partial charge on any atom is -0.356 e. The third kappa shape index (κ3) is 3.47. The number of halogens is 1. The van der Waals surface area contributed by atoms with Crippen molar-refractivity contribution in [2.75, 3.05) is 10.6 Å². The summed E-state index contributed by atoms with van der Waals surface area (Å²) in [6, 6.07) is 13.2. The molecule has 164 valence electrons. The summed E-state index contributed by atoms with van der Waals surface area (Å²) < 4.78 is 14.0. The van der Waals surface area contributed by atoms with Crippen LogP contribution in [-0.2, 0) is 11.2 Å². The van der Waals surface area contributed by atoms with Gasteiger partial charge < -0.3 is 15.6 Å². The van der Waals surface area contributed by atoms with E-state index in [4.69, 9.17) is 0 Å². The van der Waals surface area contributed by atoms with Crippen molar-refractivity contribution < 1.29 is 14.0 Å². The average Bonchev–Trinajstić information content (AvgIpc) is 3.31. The van der Waals surface area contributed by atoms with E-state index in [1.54, 1.807) is 18.3 Å². The first-order valence-electron chi connectivity index (χ1n) is 10.7. The zero-order chi connectivity index (χ0) is 22.7. The van der Waals surface area contributed by atoms with E-state index in [0.717, 1.165) is 41.2 Å². The molecule has 3 aromatic rings. The van der Waals surface area contributed by atoms with Crippen LogP contribution in [0, 0.1) is 11.3 Å². The van der Waals surface area contributed by atoms with Gasteiger partial charge in [-0.15, -0.1) is 0 Å². The molecule has 2 aliphatic rings. The molecule has 2 aromatic heterocycles. The number of ketones is 1. The molecule has 2 aliphatic carbocycles. The molecule has 6 nitrogen and oxygen atoms in total. The molecule has 0 bridgehead atoms. The highest BCUT2D eigenvalue weighted by Gasteiger charge is 2.58. The number of benzene rings is 1. The van der Waals surface area contributed by atoms with E-state index in [2.05, 4.69) is 27.5 Å². The molecule has 7 heteroatoms. The summed E-state index contributed by atoms with van der Waals surface area (Å²) >= 11 is 0. The number of nitrogens with one attached hydrogen (secondary N) is 3. The maximum Gasteiger partial charge on any atom is 0.262 e. The maximum absolute atomic E-state index is 14.0. The van der Waals surface area contributed by atoms with Crippen molar-refractivity contribution in [3.63, 3.8) is 0 Å². The van der Waals surface area contributed by atoms with Crippen LogP contribution >= 0.6 is 0 Å². The van der Waals surface area contributed by atoms with Crippen molar-refractivity contribution in [1.29, 1.82) is 0 Å². The Morgan fingerprint density at radius 1 is 1.25 bits per heavy atom. The Morgan fingerprint density at radius 3 is 2.72 bits per heavy atom. The predicted molar refractivity (Wildman–Crippen MR) is 122 cm³/mol. The van der Waals surface area contributed by atoms with Gasteiger partial charge in [-0.05, 0) is 56.4 Å². The van der Waals surface area contributed by atoms with Gasteiger partial charge in [-0.2, -0.15) is 0 Å². The van der Waals surface area contributed by atoms with Crippen molar-refractivity contribution in [2.24, 2.45) is 11.3 Å². The number of nitrogens with zero attached hydrogens (tertiary/aromatic N) is 1. The lowest BCUT2D eigenvalue weighted by Gasteiger charge is -2.18. The smallest absolute Gasteiger partial charge is 0.262 e. The number of rotatable bonds is 5. The van der Waals surface area contributed by atoms with Crippen LogP contribution in [-0.4, -0.2) is 27.3 Å². The van der Waals surface area contributed by atoms with Crippen molar-refractivity contribution in [3.05, 3.63) is 59.9 Å². The first kappa shape index (κ1) is 20.4. The Kier molecular flexibility index (Phi) is 4.48. The van der Waals surface area contributed by atoms with Crippen LogP contribution in [0.2, 0.25) is 0 Å². The highest BCUT2D eigenvalue weighted by molar-refractivity contribution is 6.10. The lowest BCUT2D eigenvalue weighted by molar-refractivity contribution is -0.125. The van der Waals surface area contributed by atoms with E-state index in [-0.39, 0.29) is 22.9 Å². The van der Waals surface area contributed by atoms with E-state index in [9.17, 15) is 14.0 Å². The molecule has 5 rings (SSSR count). The minimum atomic E-state index is -2.02. The van der Waals surface area contributed by atoms with Crippen LogP contribution in [0.3, 0.4) is 0 Å². The fourth-order valence-electron chi connectivity index (χ4n) is 4.47. The van der Waals surface area contributed by atoms with Crippen molar-refractivity contribution >= 4 is 28.9 Å². The Bertz CT molecular complexity index is 1230. The number of aromatic amines is 1. The van der Waals surface area contributed by atoms with Gasteiger partial charge in [0, 0.05) is 29.1 Å². The molecule has 1 saturated carbocycles. The summed E-state index contributed by atoms with van der Waals surface area (Å²) in [4.78, 5) is 33.0. The molecule has 0 radical (unpaired) electrons. The van der Waals surface area contributed by atoms with Crippen LogP contribution in [0.25, 0.3) is 11.3 Å². The number of aromatic nitrogens is 2. The van der Waals surface area contributed by atoms with Gasteiger partial charge in [0.1, 0.15) is 5.82 Å². The summed E-state index contributed by atoms with van der Waals surface area (Å²) in [7, 11) is 0. The van der Waals surface area contributed by atoms with Gasteiger partial charge in [0.05, 0.1) is 16.9 Å². The Hall–Kier alpha value is -3.48. The second kappa shape index (κ2) is 7.02. The summed E-state index contributed by atoms with van der Waals surface area (Å²) in [5.74, 6) is -0.290. The van der Waals surface area contributed by atoms with Crippen LogP contribution in [0.15, 0.2) is 48.7 Å². The fraction of sp³-hybridized carbons (Fsp3) is 0.320. The summed E-state index contributed by atoms with van der Waals surface area (Å²) in [6.45, 7) is 4.55. The number of amides is 1. The summed E-state index contributed by atoms with van der Waals surface area (Å²) in [5, 5.41) is 5.95. The Morgan fingerprint density at radius 2 is 2.00 bits per heavy atom. The van der Waals surface area contributed by atoms with E-state index < -0.39 is 11.6 Å². The quantitative estimate of drug-likeness (QED) is 0.512. The highest BCUT2D eigenvalue weighted by Crippen LogP contribution is 2.60. The van der Waals surface area contributed by atoms with Gasteiger partial charge in [0.2, 0.25) is 0 Å². The number of carbonyl (C=O) groups is 2. The zero-order valence-corrected chi connectivity index (χ0v) is 18.3. The van der Waals surface area contributed by atoms with Gasteiger partial charge in [0.25, 0.3) is 5.91 Å². The number of hydrogen-bond acceptors (Lipinski definition) is 4. The Labute approximate surface area is 185 Å². The molecule has 0 spiro atoms. The minimum absolute atomic E-state index is 0.0281. The number of fused-ring (bicyclic) bond motifs is 2. The van der Waals surface area contributed by atoms with Gasteiger partial charge in [-0.1, -0.05) is 25.1 Å². The molecule has 0 aliphatic heterocycles. The van der Waals surface area contributed by atoms with E-state index in [0.29, 0.717) is 5.56 Å². The standard InChI is InChI=1S/C25H25FN4O2/c1-24(2,26)23(32)30-18-11-14(9-10-27-18)20-21(28-15-7-5-4-6-8-15)19-17(29-20)13-25(3)12-16(25)22(19)31/h4-11,16,28-29H,12-13H2,1-3H3,(H,27,30,32)/t16-,25+/m1/s1. The lowest BCUT2D eigenvalue weighted by Crippen LogP contribution is -2.32. The average molecular weight is 432 g/mol. The molecule has 3 N–H and O–H groups in total. The van der Waals surface area contributed by atoms with E-state index in [1.165, 1.54) is 13.8 Å². The molecule has 2 heterocycles. The molecule has 1 fully saturated rings. The molecule has 0 saturated heterocycles. The molecule has 2 atom stereocenters. The van der Waals surface area contributed by atoms with Gasteiger partial charge in [-0.3, -0.25) is 9.59 Å². The number of alkyl halides is 1. The number of Topliss-reactive ketones (excluding diaryl/α,β-unsaturated/α-hetero) is 1. The fourth-order valence-corrected chi connectivity index (χ4v) is 4.47. The third-order valence-corrected chi connectivity index (χ3v) is 6.45. The molecule has 1 aromatic carbocycles. The third-order valence-electron chi connectivity index (χ3n) is 6.45. The number of carbonyl (C=O) groups excluding carboxylic acids is 2. The maximum atomic E-state index is 14.0. The number of hydrogen-bond donors (Lipinski definition) is 3. The molecule has 1 amide bonds. The zero-order valence-electron chi connectivity index (χ0n) is 18.3. The monoisotopic (exact) mass is 432 g/mol. The number of pyridine rings is 1. The van der Waals surface area contributed by atoms with Crippen molar-refractivity contribution in [1.82, 2.24) is 9.97 Å². The first-order chi connectivity index (χ1) is 15.2. The predicted octanol–water partition coefficient (Wildman–Crippen LogP) is 5.27. The molecule has 32 heavy (non-hydrogen) atoms. The van der Waals surface area contributed by atoms with Gasteiger partial charge >= 0.3 is 0 Å². The second-order valence-electron chi connectivity index (χ2n) is 9.53. The highest BCUT2D eigenvalue weighted by atomic mass is 19.1. The van der Waals surface area contributed by atoms with Crippen LogP contribution in [0.5, 0.6) is 0 Å². The van der Waals surface area contributed by atoms with E-state index in [1.807, 2.05) is 30.3 Å².